The second kappa shape index (κ2) is 5.27. The largest absolute Gasteiger partial charge is 0.415 e. The summed E-state index contributed by atoms with van der Waals surface area (Å²) in [5, 5.41) is 0. The summed E-state index contributed by atoms with van der Waals surface area (Å²) in [5.74, 6) is -0.544. The summed E-state index contributed by atoms with van der Waals surface area (Å²) >= 11 is 1.46. The molecule has 0 rings (SSSR count). The van der Waals surface area contributed by atoms with Crippen LogP contribution in [0.4, 0.5) is 13.2 Å². The Morgan fingerprint density at radius 3 is 2.25 bits per heavy atom. The van der Waals surface area contributed by atoms with E-state index in [0.717, 1.165) is 4.90 Å². The number of alkyl halides is 3. The van der Waals surface area contributed by atoms with E-state index < -0.39 is 17.6 Å². The van der Waals surface area contributed by atoms with Crippen molar-refractivity contribution < 1.29 is 18.0 Å². The monoisotopic (exact) mass is 258 g/mol. The molecule has 0 spiro atoms. The Labute approximate surface area is 97.5 Å². The zero-order valence-electron chi connectivity index (χ0n) is 9.76. The van der Waals surface area contributed by atoms with Crippen molar-refractivity contribution in [1.82, 2.24) is 4.90 Å². The molecule has 0 saturated heterocycles. The number of nitrogens with two attached hydrogens (primary N) is 1. The third kappa shape index (κ3) is 3.28. The van der Waals surface area contributed by atoms with E-state index in [-0.39, 0.29) is 6.04 Å². The van der Waals surface area contributed by atoms with E-state index >= 15 is 0 Å². The van der Waals surface area contributed by atoms with Crippen LogP contribution in [-0.2, 0) is 4.79 Å². The van der Waals surface area contributed by atoms with Crippen molar-refractivity contribution in [3.05, 3.63) is 0 Å². The standard InChI is InChI=1S/C9H17F3N2OS/c1-6(5-16-4)14(3)7(15)8(2,13)9(10,11)12/h6H,5,13H2,1-4H3. The summed E-state index contributed by atoms with van der Waals surface area (Å²) in [6.45, 7) is 2.37. The second-order valence-electron chi connectivity index (χ2n) is 3.92. The number of nitrogens with zero attached hydrogens (tertiary/aromatic N) is 1. The average molecular weight is 258 g/mol. The summed E-state index contributed by atoms with van der Waals surface area (Å²) in [7, 11) is 1.33. The van der Waals surface area contributed by atoms with Crippen molar-refractivity contribution in [3.63, 3.8) is 0 Å². The fourth-order valence-corrected chi connectivity index (χ4v) is 1.75. The Kier molecular flexibility index (Phi) is 5.13. The molecule has 1 amide bonds. The number of carbonyl (C=O) groups excluding carboxylic acids is 1. The first-order valence-electron chi connectivity index (χ1n) is 4.67. The van der Waals surface area contributed by atoms with Crippen LogP contribution in [0.25, 0.3) is 0 Å². The maximum atomic E-state index is 12.5. The van der Waals surface area contributed by atoms with Crippen LogP contribution < -0.4 is 5.73 Å². The fraction of sp³-hybridized carbons (Fsp3) is 0.889. The molecule has 0 heterocycles. The molecule has 0 radical (unpaired) electrons. The molecule has 7 heteroatoms. The van der Waals surface area contributed by atoms with Gasteiger partial charge in [-0.15, -0.1) is 0 Å². The Morgan fingerprint density at radius 2 is 1.94 bits per heavy atom. The van der Waals surface area contributed by atoms with Gasteiger partial charge in [0.1, 0.15) is 0 Å². The lowest BCUT2D eigenvalue weighted by atomic mass is 10.0. The van der Waals surface area contributed by atoms with Crippen molar-refractivity contribution in [2.75, 3.05) is 19.1 Å². The van der Waals surface area contributed by atoms with Gasteiger partial charge < -0.3 is 10.6 Å². The average Bonchev–Trinajstić information content (AvgIpc) is 2.14. The highest BCUT2D eigenvalue weighted by Crippen LogP contribution is 2.29. The summed E-state index contributed by atoms with van der Waals surface area (Å²) in [5.41, 5.74) is 2.22. The number of thioether (sulfide) groups is 1. The quantitative estimate of drug-likeness (QED) is 0.830. The zero-order chi connectivity index (χ0) is 13.1. The van der Waals surface area contributed by atoms with Crippen molar-refractivity contribution in [2.45, 2.75) is 31.6 Å². The predicted molar refractivity (Wildman–Crippen MR) is 59.3 cm³/mol. The lowest BCUT2D eigenvalue weighted by molar-refractivity contribution is -0.193. The van der Waals surface area contributed by atoms with Crippen LogP contribution in [0.5, 0.6) is 0 Å². The molecule has 0 saturated carbocycles. The van der Waals surface area contributed by atoms with Crippen molar-refractivity contribution in [1.29, 1.82) is 0 Å². The highest BCUT2D eigenvalue weighted by molar-refractivity contribution is 7.98. The molecule has 0 fully saturated rings. The molecule has 16 heavy (non-hydrogen) atoms. The number of hydrogen-bond donors (Lipinski definition) is 1. The number of carbonyl (C=O) groups is 1. The topological polar surface area (TPSA) is 46.3 Å². The minimum Gasteiger partial charge on any atom is -0.340 e. The second-order valence-corrected chi connectivity index (χ2v) is 4.83. The van der Waals surface area contributed by atoms with Gasteiger partial charge in [0.25, 0.3) is 5.91 Å². The Morgan fingerprint density at radius 1 is 1.50 bits per heavy atom. The van der Waals surface area contributed by atoms with E-state index in [4.69, 9.17) is 5.73 Å². The Hall–Kier alpha value is -0.430. The molecule has 0 bridgehead atoms. The van der Waals surface area contributed by atoms with Gasteiger partial charge in [-0.25, -0.2) is 0 Å². The molecule has 2 unspecified atom stereocenters. The Balaban J connectivity index is 4.80. The van der Waals surface area contributed by atoms with Gasteiger partial charge in [0, 0.05) is 18.8 Å². The van der Waals surface area contributed by atoms with Gasteiger partial charge in [-0.3, -0.25) is 4.79 Å². The van der Waals surface area contributed by atoms with Gasteiger partial charge in [-0.2, -0.15) is 24.9 Å². The third-order valence-corrected chi connectivity index (χ3v) is 3.24. The minimum atomic E-state index is -4.74. The van der Waals surface area contributed by atoms with E-state index in [0.29, 0.717) is 12.7 Å². The number of amides is 1. The molecule has 2 N–H and O–H groups in total. The molecule has 96 valence electrons. The first kappa shape index (κ1) is 15.6. The highest BCUT2D eigenvalue weighted by Gasteiger charge is 2.55. The van der Waals surface area contributed by atoms with Crippen molar-refractivity contribution in [2.24, 2.45) is 5.73 Å². The molecular formula is C9H17F3N2OS. The summed E-state index contributed by atoms with van der Waals surface area (Å²) < 4.78 is 37.5. The van der Waals surface area contributed by atoms with Crippen LogP contribution in [0.2, 0.25) is 0 Å². The van der Waals surface area contributed by atoms with Gasteiger partial charge in [0.2, 0.25) is 0 Å². The van der Waals surface area contributed by atoms with E-state index in [1.54, 1.807) is 6.92 Å². The molecule has 0 aromatic heterocycles. The third-order valence-electron chi connectivity index (χ3n) is 2.42. The first-order valence-corrected chi connectivity index (χ1v) is 6.07. The summed E-state index contributed by atoms with van der Waals surface area (Å²) in [6.07, 6.45) is -2.92. The predicted octanol–water partition coefficient (Wildman–Crippen LogP) is 1.48. The lowest BCUT2D eigenvalue weighted by Gasteiger charge is -2.33. The fourth-order valence-electron chi connectivity index (χ4n) is 1.04. The summed E-state index contributed by atoms with van der Waals surface area (Å²) in [4.78, 5) is 12.6. The van der Waals surface area contributed by atoms with Crippen LogP contribution in [0.1, 0.15) is 13.8 Å². The smallest absolute Gasteiger partial charge is 0.340 e. The molecule has 2 atom stereocenters. The van der Waals surface area contributed by atoms with E-state index in [9.17, 15) is 18.0 Å². The van der Waals surface area contributed by atoms with Crippen molar-refractivity contribution >= 4 is 17.7 Å². The minimum absolute atomic E-state index is 0.285. The van der Waals surface area contributed by atoms with E-state index in [1.807, 2.05) is 6.26 Å². The van der Waals surface area contributed by atoms with Crippen LogP contribution in [0.3, 0.4) is 0 Å². The van der Waals surface area contributed by atoms with Crippen LogP contribution in [-0.4, -0.2) is 47.6 Å². The Bertz CT molecular complexity index is 256. The number of halogens is 3. The van der Waals surface area contributed by atoms with Gasteiger partial charge in [0.05, 0.1) is 0 Å². The molecule has 0 aliphatic heterocycles. The maximum Gasteiger partial charge on any atom is 0.415 e. The SMILES string of the molecule is CSCC(C)N(C)C(=O)C(C)(N)C(F)(F)F. The highest BCUT2D eigenvalue weighted by atomic mass is 32.2. The van der Waals surface area contributed by atoms with Gasteiger partial charge in [0.15, 0.2) is 5.54 Å². The molecule has 3 nitrogen and oxygen atoms in total. The lowest BCUT2D eigenvalue weighted by Crippen LogP contribution is -2.62. The first-order chi connectivity index (χ1) is 7.05. The van der Waals surface area contributed by atoms with Crippen LogP contribution in [0.15, 0.2) is 0 Å². The maximum absolute atomic E-state index is 12.5. The van der Waals surface area contributed by atoms with Crippen molar-refractivity contribution in [3.8, 4) is 0 Å². The zero-order valence-corrected chi connectivity index (χ0v) is 10.6. The summed E-state index contributed by atoms with van der Waals surface area (Å²) in [6, 6.07) is -0.285. The molecule has 0 aromatic carbocycles. The van der Waals surface area contributed by atoms with Gasteiger partial charge in [-0.1, -0.05) is 0 Å². The van der Waals surface area contributed by atoms with Gasteiger partial charge >= 0.3 is 6.18 Å². The normalized spacial score (nSPS) is 17.8. The molecular weight excluding hydrogens is 241 g/mol. The number of hydrogen-bond acceptors (Lipinski definition) is 3. The van der Waals surface area contributed by atoms with Crippen LogP contribution in [0, 0.1) is 0 Å². The van der Waals surface area contributed by atoms with E-state index in [1.165, 1.54) is 18.8 Å². The van der Waals surface area contributed by atoms with Gasteiger partial charge in [-0.05, 0) is 20.1 Å². The molecule has 0 aromatic rings. The molecule has 0 aliphatic rings. The molecule has 0 aliphatic carbocycles. The van der Waals surface area contributed by atoms with E-state index in [2.05, 4.69) is 0 Å². The number of rotatable bonds is 4. The number of likely N-dealkylation sites (N-methyl/N-ethyl adjacent to an activating group) is 1. The van der Waals surface area contributed by atoms with Crippen LogP contribution >= 0.6 is 11.8 Å².